The van der Waals surface area contributed by atoms with Gasteiger partial charge in [0, 0.05) is 12.6 Å². The van der Waals surface area contributed by atoms with Crippen molar-refractivity contribution in [3.63, 3.8) is 0 Å². The van der Waals surface area contributed by atoms with E-state index < -0.39 is 0 Å². The lowest BCUT2D eigenvalue weighted by Gasteiger charge is -2.42. The number of nitrogens with zero attached hydrogens (tertiary/aromatic N) is 4. The highest BCUT2D eigenvalue weighted by molar-refractivity contribution is 5.10. The first-order chi connectivity index (χ1) is 7.47. The fourth-order valence-electron chi connectivity index (χ4n) is 2.11. The molecule has 0 aliphatic carbocycles. The first-order valence-electron chi connectivity index (χ1n) is 5.66. The minimum Gasteiger partial charge on any atom is -0.310 e. The summed E-state index contributed by atoms with van der Waals surface area (Å²) in [7, 11) is 8.13. The topological polar surface area (TPSA) is 46.0 Å². The van der Waals surface area contributed by atoms with Crippen molar-refractivity contribution in [1.82, 2.24) is 25.2 Å². The molecular weight excluding hydrogens is 202 g/mol. The van der Waals surface area contributed by atoms with Crippen molar-refractivity contribution in [3.05, 3.63) is 11.9 Å². The van der Waals surface area contributed by atoms with Crippen molar-refractivity contribution in [3.8, 4) is 0 Å². The first-order valence-corrected chi connectivity index (χ1v) is 5.66. The van der Waals surface area contributed by atoms with Gasteiger partial charge in [0.15, 0.2) is 0 Å². The van der Waals surface area contributed by atoms with Crippen molar-refractivity contribution in [2.45, 2.75) is 31.8 Å². The van der Waals surface area contributed by atoms with Crippen LogP contribution in [0.4, 0.5) is 0 Å². The minimum absolute atomic E-state index is 0.0459. The second-order valence-corrected chi connectivity index (χ2v) is 4.61. The molecule has 0 bridgehead atoms. The quantitative estimate of drug-likeness (QED) is 0.805. The molecule has 5 nitrogen and oxygen atoms in total. The van der Waals surface area contributed by atoms with Crippen LogP contribution in [0.25, 0.3) is 0 Å². The molecule has 16 heavy (non-hydrogen) atoms. The summed E-state index contributed by atoms with van der Waals surface area (Å²) in [5.74, 6) is 0. The molecule has 0 spiro atoms. The van der Waals surface area contributed by atoms with Gasteiger partial charge in [-0.3, -0.25) is 4.68 Å². The Morgan fingerprint density at radius 2 is 2.19 bits per heavy atom. The van der Waals surface area contributed by atoms with E-state index >= 15 is 0 Å². The highest BCUT2D eigenvalue weighted by atomic mass is 15.4. The Labute approximate surface area is 97.8 Å². The van der Waals surface area contributed by atoms with Crippen LogP contribution >= 0.6 is 0 Å². The van der Waals surface area contributed by atoms with Crippen molar-refractivity contribution in [2.24, 2.45) is 7.05 Å². The average Bonchev–Trinajstić information content (AvgIpc) is 2.65. The van der Waals surface area contributed by atoms with Gasteiger partial charge < -0.3 is 10.2 Å². The van der Waals surface area contributed by atoms with Crippen LogP contribution in [0.15, 0.2) is 6.20 Å². The Morgan fingerprint density at radius 1 is 1.56 bits per heavy atom. The van der Waals surface area contributed by atoms with Crippen molar-refractivity contribution in [1.29, 1.82) is 0 Å². The fraction of sp³-hybridized carbons (Fsp3) is 0.818. The Kier molecular flexibility index (Phi) is 4.04. The summed E-state index contributed by atoms with van der Waals surface area (Å²) in [6.07, 6.45) is 2.88. The van der Waals surface area contributed by atoms with E-state index in [4.69, 9.17) is 0 Å². The van der Waals surface area contributed by atoms with E-state index in [2.05, 4.69) is 48.5 Å². The number of aromatic nitrogens is 3. The maximum Gasteiger partial charge on any atom is 0.0771 e. The van der Waals surface area contributed by atoms with Gasteiger partial charge in [0.1, 0.15) is 0 Å². The van der Waals surface area contributed by atoms with Crippen molar-refractivity contribution >= 4 is 0 Å². The van der Waals surface area contributed by atoms with Crippen LogP contribution in [0.1, 0.15) is 32.0 Å². The van der Waals surface area contributed by atoms with Crippen LogP contribution in [-0.4, -0.2) is 46.6 Å². The summed E-state index contributed by atoms with van der Waals surface area (Å²) in [4.78, 5) is 2.25. The van der Waals surface area contributed by atoms with E-state index in [1.165, 1.54) is 0 Å². The lowest BCUT2D eigenvalue weighted by Crippen LogP contribution is -2.51. The molecule has 2 atom stereocenters. The van der Waals surface area contributed by atoms with Gasteiger partial charge in [-0.1, -0.05) is 12.1 Å². The first kappa shape index (κ1) is 13.1. The van der Waals surface area contributed by atoms with Crippen LogP contribution in [0.2, 0.25) is 0 Å². The molecule has 0 aliphatic rings. The third-order valence-corrected chi connectivity index (χ3v) is 3.69. The van der Waals surface area contributed by atoms with E-state index in [0.29, 0.717) is 0 Å². The number of rotatable bonds is 5. The molecule has 1 aromatic heterocycles. The van der Waals surface area contributed by atoms with E-state index in [-0.39, 0.29) is 11.6 Å². The van der Waals surface area contributed by atoms with Gasteiger partial charge >= 0.3 is 0 Å². The van der Waals surface area contributed by atoms with Gasteiger partial charge in [-0.2, -0.15) is 0 Å². The normalized spacial score (nSPS) is 17.4. The Bertz CT molecular complexity index is 333. The molecule has 1 rings (SSSR count). The molecule has 1 heterocycles. The van der Waals surface area contributed by atoms with E-state index in [0.717, 1.165) is 12.1 Å². The lowest BCUT2D eigenvalue weighted by molar-refractivity contribution is 0.113. The molecule has 0 fully saturated rings. The predicted molar refractivity (Wildman–Crippen MR) is 65.2 cm³/mol. The monoisotopic (exact) mass is 225 g/mol. The highest BCUT2D eigenvalue weighted by Gasteiger charge is 2.36. The fourth-order valence-corrected chi connectivity index (χ4v) is 2.11. The second-order valence-electron chi connectivity index (χ2n) is 4.61. The SMILES string of the molecule is CCC(C)(C(NC)c1cnnn1C)N(C)C. The molecule has 0 saturated carbocycles. The standard InChI is InChI=1S/C11H23N5/c1-7-11(2,15(4)5)10(12-3)9-8-13-14-16(9)6/h8,10,12H,7H2,1-6H3. The van der Waals surface area contributed by atoms with Crippen LogP contribution in [0.3, 0.4) is 0 Å². The molecule has 5 heteroatoms. The average molecular weight is 225 g/mol. The molecule has 1 aromatic rings. The van der Waals surface area contributed by atoms with E-state index in [1.807, 2.05) is 25.0 Å². The van der Waals surface area contributed by atoms with Gasteiger partial charge in [0.25, 0.3) is 0 Å². The Balaban J connectivity index is 3.11. The summed E-state index contributed by atoms with van der Waals surface area (Å²) in [6, 6.07) is 0.215. The van der Waals surface area contributed by atoms with Crippen molar-refractivity contribution < 1.29 is 0 Å². The zero-order chi connectivity index (χ0) is 12.3. The molecule has 92 valence electrons. The number of likely N-dealkylation sites (N-methyl/N-ethyl adjacent to an activating group) is 2. The molecular formula is C11H23N5. The molecule has 2 unspecified atom stereocenters. The second kappa shape index (κ2) is 4.93. The maximum atomic E-state index is 4.00. The smallest absolute Gasteiger partial charge is 0.0771 e. The molecule has 0 amide bonds. The van der Waals surface area contributed by atoms with Crippen LogP contribution < -0.4 is 5.32 Å². The number of hydrogen-bond acceptors (Lipinski definition) is 4. The molecule has 0 aliphatic heterocycles. The van der Waals surface area contributed by atoms with E-state index in [9.17, 15) is 0 Å². The Morgan fingerprint density at radius 3 is 2.50 bits per heavy atom. The minimum atomic E-state index is 0.0459. The van der Waals surface area contributed by atoms with Crippen molar-refractivity contribution in [2.75, 3.05) is 21.1 Å². The summed E-state index contributed by atoms with van der Waals surface area (Å²) in [5, 5.41) is 11.3. The van der Waals surface area contributed by atoms with Crippen LogP contribution in [-0.2, 0) is 7.05 Å². The summed E-state index contributed by atoms with van der Waals surface area (Å²) >= 11 is 0. The number of nitrogens with one attached hydrogen (secondary N) is 1. The van der Waals surface area contributed by atoms with Crippen LogP contribution in [0.5, 0.6) is 0 Å². The lowest BCUT2D eigenvalue weighted by atomic mass is 9.86. The summed E-state index contributed by atoms with van der Waals surface area (Å²) < 4.78 is 1.83. The van der Waals surface area contributed by atoms with Gasteiger partial charge in [0.2, 0.25) is 0 Å². The highest BCUT2D eigenvalue weighted by Crippen LogP contribution is 2.31. The summed E-state index contributed by atoms with van der Waals surface area (Å²) in [6.45, 7) is 4.45. The predicted octanol–water partition coefficient (Wildman–Crippen LogP) is 0.806. The van der Waals surface area contributed by atoms with Gasteiger partial charge in [-0.05, 0) is 34.5 Å². The van der Waals surface area contributed by atoms with Gasteiger partial charge in [-0.25, -0.2) is 0 Å². The zero-order valence-corrected chi connectivity index (χ0v) is 11.2. The van der Waals surface area contributed by atoms with Gasteiger partial charge in [0.05, 0.1) is 17.9 Å². The van der Waals surface area contributed by atoms with Crippen LogP contribution in [0, 0.1) is 0 Å². The maximum absolute atomic E-state index is 4.00. The Hall–Kier alpha value is -0.940. The molecule has 0 radical (unpaired) electrons. The summed E-state index contributed by atoms with van der Waals surface area (Å²) in [5.41, 5.74) is 1.16. The number of hydrogen-bond donors (Lipinski definition) is 1. The number of aryl methyl sites for hydroxylation is 1. The van der Waals surface area contributed by atoms with E-state index in [1.54, 1.807) is 0 Å². The molecule has 1 N–H and O–H groups in total. The zero-order valence-electron chi connectivity index (χ0n) is 11.2. The van der Waals surface area contributed by atoms with Gasteiger partial charge in [-0.15, -0.1) is 5.10 Å². The third-order valence-electron chi connectivity index (χ3n) is 3.69. The largest absolute Gasteiger partial charge is 0.310 e. The molecule has 0 aromatic carbocycles. The third kappa shape index (κ3) is 2.10. The molecule has 0 saturated heterocycles.